The fraction of sp³-hybridized carbons (Fsp3) is 0.316. The maximum Gasteiger partial charge on any atom is 0.262 e. The molecule has 2 aliphatic heterocycles. The predicted octanol–water partition coefficient (Wildman–Crippen LogP) is 2.26. The van der Waals surface area contributed by atoms with Crippen LogP contribution in [0.3, 0.4) is 0 Å². The lowest BCUT2D eigenvalue weighted by Gasteiger charge is -2.14. The highest BCUT2D eigenvalue weighted by Crippen LogP contribution is 2.28. The van der Waals surface area contributed by atoms with Gasteiger partial charge in [-0.3, -0.25) is 9.69 Å². The van der Waals surface area contributed by atoms with Gasteiger partial charge < -0.3 is 14.0 Å². The summed E-state index contributed by atoms with van der Waals surface area (Å²) in [6, 6.07) is 11.4. The van der Waals surface area contributed by atoms with Crippen molar-refractivity contribution in [2.24, 2.45) is 0 Å². The van der Waals surface area contributed by atoms with Gasteiger partial charge in [-0.2, -0.15) is 0 Å². The SMILES string of the molecule is O=C(c1ccc(OC2CCOC2)nc1)N1CCn2c1nc1ccccc12. The van der Waals surface area contributed by atoms with Crippen molar-refractivity contribution in [3.63, 3.8) is 0 Å². The Hall–Kier alpha value is -2.93. The molecule has 0 aliphatic carbocycles. The Bertz CT molecular complexity index is 961. The predicted molar refractivity (Wildman–Crippen MR) is 95.5 cm³/mol. The third kappa shape index (κ3) is 2.52. The van der Waals surface area contributed by atoms with E-state index in [2.05, 4.69) is 14.5 Å². The van der Waals surface area contributed by atoms with Crippen LogP contribution in [0.15, 0.2) is 42.6 Å². The van der Waals surface area contributed by atoms with E-state index in [1.54, 1.807) is 23.2 Å². The van der Waals surface area contributed by atoms with E-state index in [0.717, 1.165) is 30.6 Å². The molecule has 7 heteroatoms. The first kappa shape index (κ1) is 15.3. The van der Waals surface area contributed by atoms with Crippen molar-refractivity contribution < 1.29 is 14.3 Å². The first-order valence-corrected chi connectivity index (χ1v) is 8.77. The molecule has 0 radical (unpaired) electrons. The Morgan fingerprint density at radius 2 is 2.12 bits per heavy atom. The molecule has 2 aromatic heterocycles. The summed E-state index contributed by atoms with van der Waals surface area (Å²) in [5.74, 6) is 1.12. The first-order chi connectivity index (χ1) is 12.8. The first-order valence-electron chi connectivity index (χ1n) is 8.77. The number of pyridine rings is 1. The number of para-hydroxylation sites is 2. The zero-order chi connectivity index (χ0) is 17.5. The van der Waals surface area contributed by atoms with E-state index >= 15 is 0 Å². The number of imidazole rings is 1. The summed E-state index contributed by atoms with van der Waals surface area (Å²) < 4.78 is 13.1. The Morgan fingerprint density at radius 1 is 1.19 bits per heavy atom. The van der Waals surface area contributed by atoms with Crippen LogP contribution < -0.4 is 9.64 Å². The lowest BCUT2D eigenvalue weighted by Crippen LogP contribution is -2.29. The summed E-state index contributed by atoms with van der Waals surface area (Å²) in [6.07, 6.45) is 2.48. The van der Waals surface area contributed by atoms with Crippen molar-refractivity contribution in [3.05, 3.63) is 48.2 Å². The highest BCUT2D eigenvalue weighted by Gasteiger charge is 2.29. The molecule has 0 saturated carbocycles. The number of aromatic nitrogens is 3. The Morgan fingerprint density at radius 3 is 2.92 bits per heavy atom. The monoisotopic (exact) mass is 350 g/mol. The normalized spacial score (nSPS) is 19.1. The van der Waals surface area contributed by atoms with Crippen LogP contribution in [0.25, 0.3) is 11.0 Å². The standard InChI is InChI=1S/C19H18N4O3/c24-18(13-5-6-17(20-11-13)26-14-7-10-25-12-14)23-9-8-22-16-4-2-1-3-15(16)21-19(22)23/h1-6,11,14H,7-10,12H2. The molecule has 1 atom stereocenters. The van der Waals surface area contributed by atoms with Crippen molar-refractivity contribution in [2.75, 3.05) is 24.7 Å². The van der Waals surface area contributed by atoms with Gasteiger partial charge in [-0.25, -0.2) is 9.97 Å². The molecule has 2 aliphatic rings. The molecule has 5 rings (SSSR count). The Labute approximate surface area is 150 Å². The number of amides is 1. The number of anilines is 1. The van der Waals surface area contributed by atoms with E-state index in [0.29, 0.717) is 30.5 Å². The topological polar surface area (TPSA) is 69.5 Å². The van der Waals surface area contributed by atoms with Crippen LogP contribution in [0.2, 0.25) is 0 Å². The van der Waals surface area contributed by atoms with E-state index in [4.69, 9.17) is 9.47 Å². The summed E-state index contributed by atoms with van der Waals surface area (Å²) in [6.45, 7) is 2.67. The maximum absolute atomic E-state index is 12.9. The average molecular weight is 350 g/mol. The molecule has 0 spiro atoms. The summed E-state index contributed by atoms with van der Waals surface area (Å²) in [7, 11) is 0. The van der Waals surface area contributed by atoms with Crippen molar-refractivity contribution in [3.8, 4) is 5.88 Å². The highest BCUT2D eigenvalue weighted by atomic mass is 16.5. The smallest absolute Gasteiger partial charge is 0.262 e. The largest absolute Gasteiger partial charge is 0.472 e. The molecule has 4 heterocycles. The number of carbonyl (C=O) groups is 1. The van der Waals surface area contributed by atoms with E-state index < -0.39 is 0 Å². The molecule has 26 heavy (non-hydrogen) atoms. The fourth-order valence-electron chi connectivity index (χ4n) is 3.49. The Kier molecular flexibility index (Phi) is 3.60. The van der Waals surface area contributed by atoms with Gasteiger partial charge in [-0.05, 0) is 18.2 Å². The van der Waals surface area contributed by atoms with Crippen LogP contribution in [0.4, 0.5) is 5.95 Å². The molecule has 1 aromatic carbocycles. The number of rotatable bonds is 3. The van der Waals surface area contributed by atoms with Gasteiger partial charge in [0.2, 0.25) is 11.8 Å². The van der Waals surface area contributed by atoms with Gasteiger partial charge in [-0.1, -0.05) is 12.1 Å². The summed E-state index contributed by atoms with van der Waals surface area (Å²) in [5, 5.41) is 0. The van der Waals surface area contributed by atoms with Crippen molar-refractivity contribution in [2.45, 2.75) is 19.1 Å². The number of fused-ring (bicyclic) bond motifs is 3. The number of nitrogens with zero attached hydrogens (tertiary/aromatic N) is 4. The summed E-state index contributed by atoms with van der Waals surface area (Å²) in [4.78, 5) is 23.5. The van der Waals surface area contributed by atoms with Gasteiger partial charge >= 0.3 is 0 Å². The van der Waals surface area contributed by atoms with Crippen LogP contribution in [0, 0.1) is 0 Å². The highest BCUT2D eigenvalue weighted by molar-refractivity contribution is 6.06. The molecule has 1 saturated heterocycles. The number of hydrogen-bond acceptors (Lipinski definition) is 5. The molecule has 0 N–H and O–H groups in total. The van der Waals surface area contributed by atoms with Crippen LogP contribution in [-0.2, 0) is 11.3 Å². The zero-order valence-electron chi connectivity index (χ0n) is 14.2. The molecule has 3 aromatic rings. The van der Waals surface area contributed by atoms with E-state index in [9.17, 15) is 4.79 Å². The number of hydrogen-bond donors (Lipinski definition) is 0. The third-order valence-electron chi connectivity index (χ3n) is 4.83. The second-order valence-electron chi connectivity index (χ2n) is 6.50. The average Bonchev–Trinajstić information content (AvgIpc) is 3.38. The maximum atomic E-state index is 12.9. The van der Waals surface area contributed by atoms with Crippen LogP contribution >= 0.6 is 0 Å². The van der Waals surface area contributed by atoms with Gasteiger partial charge in [0.1, 0.15) is 6.10 Å². The molecule has 132 valence electrons. The second-order valence-corrected chi connectivity index (χ2v) is 6.50. The van der Waals surface area contributed by atoms with Gasteiger partial charge in [0, 0.05) is 31.8 Å². The minimum absolute atomic E-state index is 0.0440. The molecule has 1 fully saturated rings. The fourth-order valence-corrected chi connectivity index (χ4v) is 3.49. The van der Waals surface area contributed by atoms with Crippen LogP contribution in [0.1, 0.15) is 16.8 Å². The number of ether oxygens (including phenoxy) is 2. The minimum atomic E-state index is -0.0951. The quantitative estimate of drug-likeness (QED) is 0.725. The van der Waals surface area contributed by atoms with Crippen molar-refractivity contribution in [1.82, 2.24) is 14.5 Å². The van der Waals surface area contributed by atoms with Gasteiger partial charge in [-0.15, -0.1) is 0 Å². The van der Waals surface area contributed by atoms with Gasteiger partial charge in [0.25, 0.3) is 5.91 Å². The molecular weight excluding hydrogens is 332 g/mol. The number of carbonyl (C=O) groups excluding carboxylic acids is 1. The third-order valence-corrected chi connectivity index (χ3v) is 4.83. The van der Waals surface area contributed by atoms with Crippen LogP contribution in [0.5, 0.6) is 5.88 Å². The van der Waals surface area contributed by atoms with E-state index in [1.807, 2.05) is 24.3 Å². The second kappa shape index (κ2) is 6.10. The molecule has 0 bridgehead atoms. The lowest BCUT2D eigenvalue weighted by atomic mass is 10.2. The summed E-state index contributed by atoms with van der Waals surface area (Å²) >= 11 is 0. The molecule has 7 nitrogen and oxygen atoms in total. The number of benzene rings is 1. The molecular formula is C19H18N4O3. The summed E-state index contributed by atoms with van der Waals surface area (Å²) in [5.41, 5.74) is 2.49. The Balaban J connectivity index is 1.37. The van der Waals surface area contributed by atoms with E-state index in [1.165, 1.54) is 0 Å². The molecule has 1 amide bonds. The zero-order valence-corrected chi connectivity index (χ0v) is 14.2. The van der Waals surface area contributed by atoms with E-state index in [-0.39, 0.29) is 12.0 Å². The van der Waals surface area contributed by atoms with Gasteiger partial charge in [0.05, 0.1) is 29.8 Å². The van der Waals surface area contributed by atoms with Crippen molar-refractivity contribution >= 4 is 22.9 Å². The van der Waals surface area contributed by atoms with Crippen molar-refractivity contribution in [1.29, 1.82) is 0 Å². The van der Waals surface area contributed by atoms with Crippen LogP contribution in [-0.4, -0.2) is 46.3 Å². The molecule has 1 unspecified atom stereocenters. The van der Waals surface area contributed by atoms with Gasteiger partial charge in [0.15, 0.2) is 0 Å². The lowest BCUT2D eigenvalue weighted by molar-refractivity contribution is 0.0988. The minimum Gasteiger partial charge on any atom is -0.472 e.